The Hall–Kier alpha value is -2.12. The number of nitrogens with one attached hydrogen (secondary N) is 2. The lowest BCUT2D eigenvalue weighted by Gasteiger charge is -2.12. The number of hydrogen-bond donors (Lipinski definition) is 2. The number of nitrogens with zero attached hydrogens (tertiary/aromatic N) is 4. The fourth-order valence-corrected chi connectivity index (χ4v) is 1.93. The highest BCUT2D eigenvalue weighted by atomic mass is 16.5. The van der Waals surface area contributed by atoms with Crippen molar-refractivity contribution in [2.24, 2.45) is 4.99 Å². The number of aliphatic imine (C=N–C) groups is 1. The van der Waals surface area contributed by atoms with Crippen molar-refractivity contribution < 1.29 is 9.53 Å². The van der Waals surface area contributed by atoms with Crippen molar-refractivity contribution >= 4 is 11.9 Å². The maximum atomic E-state index is 11.2. The van der Waals surface area contributed by atoms with E-state index in [9.17, 15) is 4.79 Å². The van der Waals surface area contributed by atoms with Gasteiger partial charge in [-0.05, 0) is 13.3 Å². The smallest absolute Gasteiger partial charge is 0.305 e. The largest absolute Gasteiger partial charge is 0.466 e. The molecule has 0 unspecified atom stereocenters. The monoisotopic (exact) mass is 310 g/mol. The molecule has 22 heavy (non-hydrogen) atoms. The number of aryl methyl sites for hydroxylation is 1. The van der Waals surface area contributed by atoms with E-state index in [2.05, 4.69) is 32.7 Å². The predicted molar refractivity (Wildman–Crippen MR) is 84.6 cm³/mol. The minimum atomic E-state index is -0.160. The Bertz CT molecular complexity index is 472. The molecule has 124 valence electrons. The molecule has 0 aliphatic carbocycles. The van der Waals surface area contributed by atoms with Crippen molar-refractivity contribution in [1.82, 2.24) is 25.4 Å². The Balaban J connectivity index is 2.19. The summed E-state index contributed by atoms with van der Waals surface area (Å²) in [6, 6.07) is 0. The highest BCUT2D eigenvalue weighted by Gasteiger charge is 2.03. The van der Waals surface area contributed by atoms with Crippen LogP contribution in [0.2, 0.25) is 0 Å². The van der Waals surface area contributed by atoms with Gasteiger partial charge in [-0.15, -0.1) is 10.2 Å². The normalized spacial score (nSPS) is 11.3. The number of guanidine groups is 1. The van der Waals surface area contributed by atoms with Crippen LogP contribution in [0.15, 0.2) is 11.3 Å². The lowest BCUT2D eigenvalue weighted by Crippen LogP contribution is -2.39. The average molecular weight is 310 g/mol. The van der Waals surface area contributed by atoms with E-state index >= 15 is 0 Å². The molecule has 0 aliphatic heterocycles. The first-order valence-electron chi connectivity index (χ1n) is 7.68. The summed E-state index contributed by atoms with van der Waals surface area (Å²) in [7, 11) is 1.72. The van der Waals surface area contributed by atoms with E-state index < -0.39 is 0 Å². The quantitative estimate of drug-likeness (QED) is 0.296. The van der Waals surface area contributed by atoms with Crippen LogP contribution in [0.1, 0.15) is 32.5 Å². The van der Waals surface area contributed by atoms with E-state index in [1.165, 1.54) is 0 Å². The summed E-state index contributed by atoms with van der Waals surface area (Å²) in [6.45, 7) is 6.46. The molecular weight excluding hydrogens is 284 g/mol. The Labute approximate surface area is 131 Å². The zero-order valence-electron chi connectivity index (χ0n) is 13.6. The van der Waals surface area contributed by atoms with Crippen LogP contribution in [0.5, 0.6) is 0 Å². The molecule has 0 bridgehead atoms. The van der Waals surface area contributed by atoms with Crippen LogP contribution in [-0.4, -0.2) is 53.4 Å². The fourth-order valence-electron chi connectivity index (χ4n) is 1.93. The summed E-state index contributed by atoms with van der Waals surface area (Å²) in [5.74, 6) is 1.53. The second-order valence-corrected chi connectivity index (χ2v) is 4.63. The molecule has 2 N–H and O–H groups in total. The lowest BCUT2D eigenvalue weighted by atomic mass is 10.3. The van der Waals surface area contributed by atoms with Gasteiger partial charge in [-0.25, -0.2) is 0 Å². The van der Waals surface area contributed by atoms with Gasteiger partial charge in [-0.1, -0.05) is 6.92 Å². The first kappa shape index (κ1) is 17.9. The van der Waals surface area contributed by atoms with E-state index in [1.807, 2.05) is 11.5 Å². The minimum absolute atomic E-state index is 0.160. The predicted octanol–water partition coefficient (Wildman–Crippen LogP) is 0.349. The third-order valence-electron chi connectivity index (χ3n) is 3.04. The summed E-state index contributed by atoms with van der Waals surface area (Å²) < 4.78 is 6.89. The molecule has 8 nitrogen and oxygen atoms in total. The Morgan fingerprint density at radius 3 is 2.82 bits per heavy atom. The summed E-state index contributed by atoms with van der Waals surface area (Å²) in [6.07, 6.45) is 3.72. The number of carbonyl (C=O) groups excluding carboxylic acids is 1. The molecule has 1 aromatic rings. The van der Waals surface area contributed by atoms with Crippen molar-refractivity contribution in [2.75, 3.05) is 26.7 Å². The molecular formula is C14H26N6O2. The van der Waals surface area contributed by atoms with Crippen molar-refractivity contribution in [3.05, 3.63) is 12.2 Å². The van der Waals surface area contributed by atoms with Gasteiger partial charge in [0, 0.05) is 39.5 Å². The van der Waals surface area contributed by atoms with Crippen molar-refractivity contribution in [2.45, 2.75) is 39.7 Å². The van der Waals surface area contributed by atoms with Crippen LogP contribution in [0.25, 0.3) is 0 Å². The summed E-state index contributed by atoms with van der Waals surface area (Å²) in [5, 5.41) is 14.3. The second-order valence-electron chi connectivity index (χ2n) is 4.63. The molecule has 0 fully saturated rings. The van der Waals surface area contributed by atoms with Gasteiger partial charge in [0.1, 0.15) is 12.2 Å². The van der Waals surface area contributed by atoms with E-state index in [1.54, 1.807) is 13.4 Å². The van der Waals surface area contributed by atoms with E-state index in [0.717, 1.165) is 31.3 Å². The molecule has 0 aromatic carbocycles. The number of ether oxygens (including phenoxy) is 1. The maximum Gasteiger partial charge on any atom is 0.305 e. The third-order valence-corrected chi connectivity index (χ3v) is 3.04. The van der Waals surface area contributed by atoms with Crippen LogP contribution >= 0.6 is 0 Å². The third kappa shape index (κ3) is 6.55. The van der Waals surface area contributed by atoms with Gasteiger partial charge in [0.15, 0.2) is 5.96 Å². The second kappa shape index (κ2) is 10.6. The molecule has 0 saturated carbocycles. The van der Waals surface area contributed by atoms with Gasteiger partial charge < -0.3 is 19.9 Å². The molecule has 0 aliphatic rings. The molecule has 1 rings (SSSR count). The van der Waals surface area contributed by atoms with Crippen LogP contribution in [0, 0.1) is 0 Å². The van der Waals surface area contributed by atoms with Gasteiger partial charge in [-0.2, -0.15) is 0 Å². The zero-order valence-corrected chi connectivity index (χ0v) is 13.6. The van der Waals surface area contributed by atoms with Crippen LogP contribution in [0.3, 0.4) is 0 Å². The molecule has 0 radical (unpaired) electrons. The fraction of sp³-hybridized carbons (Fsp3) is 0.714. The van der Waals surface area contributed by atoms with E-state index in [4.69, 9.17) is 4.74 Å². The molecule has 8 heteroatoms. The van der Waals surface area contributed by atoms with Crippen molar-refractivity contribution in [3.8, 4) is 0 Å². The summed E-state index contributed by atoms with van der Waals surface area (Å²) in [5.41, 5.74) is 0. The van der Waals surface area contributed by atoms with Crippen LogP contribution < -0.4 is 10.6 Å². The molecule has 0 atom stereocenters. The van der Waals surface area contributed by atoms with E-state index in [-0.39, 0.29) is 5.97 Å². The Kier molecular flexibility index (Phi) is 8.63. The molecule has 0 amide bonds. The summed E-state index contributed by atoms with van der Waals surface area (Å²) >= 11 is 0. The first-order chi connectivity index (χ1) is 10.7. The Morgan fingerprint density at radius 1 is 1.36 bits per heavy atom. The molecule has 0 spiro atoms. The van der Waals surface area contributed by atoms with Gasteiger partial charge in [0.05, 0.1) is 6.61 Å². The minimum Gasteiger partial charge on any atom is -0.466 e. The first-order valence-corrected chi connectivity index (χ1v) is 7.68. The SMILES string of the molecule is CCOC(=O)CCCNC(=NC)NCCn1cnnc1CC. The summed E-state index contributed by atoms with van der Waals surface area (Å²) in [4.78, 5) is 15.4. The molecule has 0 saturated heterocycles. The number of hydrogen-bond acceptors (Lipinski definition) is 5. The van der Waals surface area contributed by atoms with Crippen LogP contribution in [0.4, 0.5) is 0 Å². The van der Waals surface area contributed by atoms with E-state index in [0.29, 0.717) is 26.0 Å². The van der Waals surface area contributed by atoms with Gasteiger partial charge in [-0.3, -0.25) is 9.79 Å². The average Bonchev–Trinajstić information content (AvgIpc) is 2.97. The standard InChI is InChI=1S/C14H26N6O2/c1-4-12-19-18-11-20(12)10-9-17-14(15-3)16-8-6-7-13(21)22-5-2/h11H,4-10H2,1-3H3,(H2,15,16,17). The van der Waals surface area contributed by atoms with Crippen molar-refractivity contribution in [3.63, 3.8) is 0 Å². The highest BCUT2D eigenvalue weighted by molar-refractivity contribution is 5.79. The maximum absolute atomic E-state index is 11.2. The number of rotatable bonds is 9. The highest BCUT2D eigenvalue weighted by Crippen LogP contribution is 1.95. The van der Waals surface area contributed by atoms with Crippen LogP contribution in [-0.2, 0) is 22.5 Å². The molecule has 1 heterocycles. The number of carbonyl (C=O) groups is 1. The lowest BCUT2D eigenvalue weighted by molar-refractivity contribution is -0.143. The molecule has 1 aromatic heterocycles. The van der Waals surface area contributed by atoms with Crippen molar-refractivity contribution in [1.29, 1.82) is 0 Å². The van der Waals surface area contributed by atoms with Gasteiger partial charge in [0.25, 0.3) is 0 Å². The topological polar surface area (TPSA) is 93.4 Å². The van der Waals surface area contributed by atoms with Gasteiger partial charge >= 0.3 is 5.97 Å². The number of aromatic nitrogens is 3. The van der Waals surface area contributed by atoms with Gasteiger partial charge in [0.2, 0.25) is 0 Å². The number of esters is 1. The Morgan fingerprint density at radius 2 is 2.14 bits per heavy atom. The zero-order chi connectivity index (χ0) is 16.2.